The van der Waals surface area contributed by atoms with Crippen molar-refractivity contribution in [2.24, 2.45) is 0 Å². The van der Waals surface area contributed by atoms with E-state index in [1.807, 2.05) is 31.2 Å². The normalized spacial score (nSPS) is 16.0. The number of amides is 1. The van der Waals surface area contributed by atoms with Gasteiger partial charge >= 0.3 is 0 Å². The van der Waals surface area contributed by atoms with Crippen molar-refractivity contribution < 1.29 is 9.53 Å². The highest BCUT2D eigenvalue weighted by Crippen LogP contribution is 2.36. The topological polar surface area (TPSA) is 53.3 Å². The van der Waals surface area contributed by atoms with Crippen molar-refractivity contribution >= 4 is 12.0 Å². The Kier molecular flexibility index (Phi) is 4.64. The van der Waals surface area contributed by atoms with E-state index in [0.717, 1.165) is 30.6 Å². The first-order valence-corrected chi connectivity index (χ1v) is 7.22. The summed E-state index contributed by atoms with van der Waals surface area (Å²) in [4.78, 5) is 13.8. The largest absolute Gasteiger partial charge is 0.493 e. The van der Waals surface area contributed by atoms with E-state index in [4.69, 9.17) is 4.74 Å². The minimum atomic E-state index is -0.610. The third kappa shape index (κ3) is 3.08. The Balaban J connectivity index is 2.11. The number of rotatable bonds is 5. The molecule has 0 aromatic heterocycles. The molecule has 0 spiro atoms. The van der Waals surface area contributed by atoms with Gasteiger partial charge in [-0.15, -0.1) is 0 Å². The van der Waals surface area contributed by atoms with Gasteiger partial charge in [-0.2, -0.15) is 5.26 Å². The van der Waals surface area contributed by atoms with Gasteiger partial charge in [-0.1, -0.05) is 18.2 Å². The zero-order chi connectivity index (χ0) is 15.3. The summed E-state index contributed by atoms with van der Waals surface area (Å²) in [5.41, 5.74) is 0.252. The Morgan fingerprint density at radius 1 is 1.48 bits per heavy atom. The van der Waals surface area contributed by atoms with Crippen LogP contribution in [-0.4, -0.2) is 30.0 Å². The maximum atomic E-state index is 12.2. The fraction of sp³-hybridized carbons (Fsp3) is 0.412. The van der Waals surface area contributed by atoms with Crippen molar-refractivity contribution in [2.75, 3.05) is 13.7 Å². The Bertz CT molecular complexity index is 583. The van der Waals surface area contributed by atoms with Gasteiger partial charge in [0.1, 0.15) is 11.3 Å². The van der Waals surface area contributed by atoms with Crippen LogP contribution in [0.25, 0.3) is 6.08 Å². The molecule has 0 saturated heterocycles. The van der Waals surface area contributed by atoms with Crippen LogP contribution >= 0.6 is 0 Å². The van der Waals surface area contributed by atoms with E-state index in [-0.39, 0.29) is 5.91 Å². The van der Waals surface area contributed by atoms with Gasteiger partial charge in [-0.3, -0.25) is 4.79 Å². The molecular formula is C17H20N2O2. The maximum Gasteiger partial charge on any atom is 0.247 e. The first-order chi connectivity index (χ1) is 10.1. The van der Waals surface area contributed by atoms with Gasteiger partial charge in [0.2, 0.25) is 5.91 Å². The quantitative estimate of drug-likeness (QED) is 0.781. The van der Waals surface area contributed by atoms with Crippen LogP contribution in [0.2, 0.25) is 0 Å². The fourth-order valence-corrected chi connectivity index (χ4v) is 2.42. The molecule has 0 unspecified atom stereocenters. The van der Waals surface area contributed by atoms with Gasteiger partial charge in [0.25, 0.3) is 0 Å². The molecule has 1 aliphatic rings. The van der Waals surface area contributed by atoms with Gasteiger partial charge < -0.3 is 9.64 Å². The van der Waals surface area contributed by atoms with Gasteiger partial charge in [-0.25, -0.2) is 0 Å². The van der Waals surface area contributed by atoms with E-state index in [1.165, 1.54) is 6.08 Å². The van der Waals surface area contributed by atoms with Crippen LogP contribution < -0.4 is 4.74 Å². The summed E-state index contributed by atoms with van der Waals surface area (Å²) < 4.78 is 5.52. The van der Waals surface area contributed by atoms with Crippen molar-refractivity contribution in [3.8, 4) is 11.8 Å². The summed E-state index contributed by atoms with van der Waals surface area (Å²) in [6.07, 6.45) is 5.77. The van der Waals surface area contributed by atoms with Crippen molar-refractivity contribution in [3.05, 3.63) is 35.9 Å². The molecule has 1 aliphatic carbocycles. The van der Waals surface area contributed by atoms with E-state index in [0.29, 0.717) is 6.61 Å². The summed E-state index contributed by atoms with van der Waals surface area (Å²) in [5, 5.41) is 9.27. The SMILES string of the molecule is CCOc1ccccc1/C=C/C(=O)N(C)C1(C#N)CCC1. The maximum absolute atomic E-state index is 12.2. The molecule has 1 aromatic rings. The third-order valence-corrected chi connectivity index (χ3v) is 3.99. The van der Waals surface area contributed by atoms with Gasteiger partial charge in [-0.05, 0) is 38.3 Å². The van der Waals surface area contributed by atoms with Crippen LogP contribution in [0.1, 0.15) is 31.7 Å². The number of hydrogen-bond acceptors (Lipinski definition) is 3. The van der Waals surface area contributed by atoms with Crippen LogP contribution in [0.3, 0.4) is 0 Å². The van der Waals surface area contributed by atoms with Gasteiger partial charge in [0, 0.05) is 18.7 Å². The third-order valence-electron chi connectivity index (χ3n) is 3.99. The van der Waals surface area contributed by atoms with Crippen LogP contribution in [0, 0.1) is 11.3 Å². The molecular weight excluding hydrogens is 264 g/mol. The molecule has 1 saturated carbocycles. The number of benzene rings is 1. The number of likely N-dealkylation sites (N-methyl/N-ethyl adjacent to an activating group) is 1. The Labute approximate surface area is 125 Å². The molecule has 0 atom stereocenters. The molecule has 2 rings (SSSR count). The lowest BCUT2D eigenvalue weighted by Crippen LogP contribution is -2.52. The standard InChI is InChI=1S/C17H20N2O2/c1-3-21-15-8-5-4-7-14(15)9-10-16(20)19(2)17(13-18)11-6-12-17/h4-5,7-10H,3,6,11-12H2,1-2H3/b10-9+. The molecule has 0 aliphatic heterocycles. The van der Waals surface area contributed by atoms with Crippen LogP contribution in [0.5, 0.6) is 5.75 Å². The summed E-state index contributed by atoms with van der Waals surface area (Å²) in [7, 11) is 1.70. The molecule has 0 bridgehead atoms. The predicted molar refractivity (Wildman–Crippen MR) is 81.6 cm³/mol. The van der Waals surface area contributed by atoms with Crippen molar-refractivity contribution in [1.29, 1.82) is 5.26 Å². The molecule has 4 nitrogen and oxygen atoms in total. The van der Waals surface area contributed by atoms with Crippen molar-refractivity contribution in [2.45, 2.75) is 31.7 Å². The molecule has 0 N–H and O–H groups in total. The van der Waals surface area contributed by atoms with E-state index in [1.54, 1.807) is 18.0 Å². The monoisotopic (exact) mass is 284 g/mol. The number of para-hydroxylation sites is 1. The summed E-state index contributed by atoms with van der Waals surface area (Å²) in [6.45, 7) is 2.50. The average molecular weight is 284 g/mol. The predicted octanol–water partition coefficient (Wildman–Crippen LogP) is 3.00. The lowest BCUT2D eigenvalue weighted by atomic mass is 9.76. The first-order valence-electron chi connectivity index (χ1n) is 7.22. The highest BCUT2D eigenvalue weighted by atomic mass is 16.5. The molecule has 4 heteroatoms. The zero-order valence-corrected chi connectivity index (χ0v) is 12.5. The Hall–Kier alpha value is -2.28. The van der Waals surface area contributed by atoms with E-state index in [2.05, 4.69) is 6.07 Å². The number of carbonyl (C=O) groups excluding carboxylic acids is 1. The molecule has 0 radical (unpaired) electrons. The number of hydrogen-bond donors (Lipinski definition) is 0. The molecule has 1 fully saturated rings. The highest BCUT2D eigenvalue weighted by molar-refractivity contribution is 5.92. The zero-order valence-electron chi connectivity index (χ0n) is 12.5. The van der Waals surface area contributed by atoms with Crippen molar-refractivity contribution in [1.82, 2.24) is 4.90 Å². The molecule has 0 heterocycles. The summed E-state index contributed by atoms with van der Waals surface area (Å²) in [5.74, 6) is 0.605. The molecule has 21 heavy (non-hydrogen) atoms. The smallest absolute Gasteiger partial charge is 0.247 e. The molecule has 1 amide bonds. The van der Waals surface area contributed by atoms with Crippen LogP contribution in [0.15, 0.2) is 30.3 Å². The van der Waals surface area contributed by atoms with E-state index >= 15 is 0 Å². The van der Waals surface area contributed by atoms with Gasteiger partial charge in [0.05, 0.1) is 12.7 Å². The first kappa shape index (κ1) is 15.1. The van der Waals surface area contributed by atoms with Crippen LogP contribution in [0.4, 0.5) is 0 Å². The minimum Gasteiger partial charge on any atom is -0.493 e. The number of nitrogens with zero attached hydrogens (tertiary/aromatic N) is 2. The van der Waals surface area contributed by atoms with Crippen LogP contribution in [-0.2, 0) is 4.79 Å². The molecule has 1 aromatic carbocycles. The number of nitriles is 1. The van der Waals surface area contributed by atoms with Gasteiger partial charge in [0.15, 0.2) is 0 Å². The van der Waals surface area contributed by atoms with E-state index < -0.39 is 5.54 Å². The average Bonchev–Trinajstić information content (AvgIpc) is 2.45. The number of ether oxygens (including phenoxy) is 1. The minimum absolute atomic E-state index is 0.150. The second-order valence-electron chi connectivity index (χ2n) is 5.20. The lowest BCUT2D eigenvalue weighted by molar-refractivity contribution is -0.130. The summed E-state index contributed by atoms with van der Waals surface area (Å²) in [6, 6.07) is 9.85. The Morgan fingerprint density at radius 3 is 2.76 bits per heavy atom. The van der Waals surface area contributed by atoms with E-state index in [9.17, 15) is 10.1 Å². The highest BCUT2D eigenvalue weighted by Gasteiger charge is 2.42. The number of carbonyl (C=O) groups is 1. The second kappa shape index (κ2) is 6.45. The second-order valence-corrected chi connectivity index (χ2v) is 5.20. The summed E-state index contributed by atoms with van der Waals surface area (Å²) >= 11 is 0. The lowest BCUT2D eigenvalue weighted by Gasteiger charge is -2.42. The molecule has 110 valence electrons. The fourth-order valence-electron chi connectivity index (χ4n) is 2.42. The van der Waals surface area contributed by atoms with Crippen molar-refractivity contribution in [3.63, 3.8) is 0 Å². The Morgan fingerprint density at radius 2 is 2.19 bits per heavy atom.